The first-order chi connectivity index (χ1) is 15.5. The molecule has 3 aromatic rings. The summed E-state index contributed by atoms with van der Waals surface area (Å²) in [6.07, 6.45) is 1.84. The van der Waals surface area contributed by atoms with Crippen molar-refractivity contribution in [3.63, 3.8) is 0 Å². The van der Waals surface area contributed by atoms with E-state index in [4.69, 9.17) is 20.9 Å². The normalized spacial score (nSPS) is 16.7. The number of halogens is 1. The molecular weight excluding hydrogens is 428 g/mol. The number of piperidine rings is 1. The monoisotopic (exact) mass is 454 g/mol. The van der Waals surface area contributed by atoms with Crippen molar-refractivity contribution in [2.45, 2.75) is 25.9 Å². The van der Waals surface area contributed by atoms with Gasteiger partial charge in [-0.2, -0.15) is 4.98 Å². The lowest BCUT2D eigenvalue weighted by Crippen LogP contribution is -2.43. The number of carbonyl (C=O) groups excluding carboxylic acids is 1. The zero-order valence-electron chi connectivity index (χ0n) is 18.3. The molecule has 1 amide bonds. The average molecular weight is 455 g/mol. The van der Waals surface area contributed by atoms with Crippen LogP contribution < -0.4 is 4.74 Å². The van der Waals surface area contributed by atoms with Crippen LogP contribution >= 0.6 is 11.6 Å². The summed E-state index contributed by atoms with van der Waals surface area (Å²) in [6.45, 7) is 2.63. The Labute approximate surface area is 192 Å². The van der Waals surface area contributed by atoms with E-state index >= 15 is 0 Å². The molecule has 168 valence electrons. The molecule has 4 rings (SSSR count). The Hall–Kier alpha value is -2.90. The lowest BCUT2D eigenvalue weighted by Gasteiger charge is -2.33. The predicted octanol–water partition coefficient (Wildman–Crippen LogP) is 4.27. The van der Waals surface area contributed by atoms with Gasteiger partial charge >= 0.3 is 0 Å². The smallest absolute Gasteiger partial charge is 0.241 e. The highest BCUT2D eigenvalue weighted by atomic mass is 35.5. The van der Waals surface area contributed by atoms with Gasteiger partial charge in [-0.1, -0.05) is 35.0 Å². The van der Waals surface area contributed by atoms with Crippen LogP contribution in [0.5, 0.6) is 5.75 Å². The Morgan fingerprint density at radius 2 is 2.03 bits per heavy atom. The van der Waals surface area contributed by atoms with Crippen molar-refractivity contribution in [1.82, 2.24) is 19.9 Å². The van der Waals surface area contributed by atoms with Gasteiger partial charge in [0, 0.05) is 36.3 Å². The summed E-state index contributed by atoms with van der Waals surface area (Å²) in [7, 11) is 3.50. The molecule has 1 aliphatic heterocycles. The quantitative estimate of drug-likeness (QED) is 0.531. The van der Waals surface area contributed by atoms with Crippen molar-refractivity contribution < 1.29 is 14.1 Å². The highest BCUT2D eigenvalue weighted by Gasteiger charge is 2.29. The maximum atomic E-state index is 13.1. The van der Waals surface area contributed by atoms with Crippen LogP contribution in [-0.2, 0) is 17.9 Å². The lowest BCUT2D eigenvalue weighted by molar-refractivity contribution is -0.136. The van der Waals surface area contributed by atoms with Crippen LogP contribution in [0.15, 0.2) is 53.1 Å². The molecule has 2 aromatic carbocycles. The summed E-state index contributed by atoms with van der Waals surface area (Å²) >= 11 is 5.95. The maximum Gasteiger partial charge on any atom is 0.241 e. The Balaban J connectivity index is 1.36. The van der Waals surface area contributed by atoms with E-state index in [9.17, 15) is 4.79 Å². The third-order valence-electron chi connectivity index (χ3n) is 5.76. The van der Waals surface area contributed by atoms with Crippen LogP contribution in [0.3, 0.4) is 0 Å². The first-order valence-corrected chi connectivity index (χ1v) is 11.1. The van der Waals surface area contributed by atoms with Crippen LogP contribution in [-0.4, -0.2) is 53.1 Å². The van der Waals surface area contributed by atoms with Gasteiger partial charge in [-0.25, -0.2) is 0 Å². The van der Waals surface area contributed by atoms with Gasteiger partial charge in [0.25, 0.3) is 0 Å². The molecular formula is C24H27ClN4O3. The second-order valence-corrected chi connectivity index (χ2v) is 8.54. The molecule has 1 unspecified atom stereocenters. The molecule has 0 saturated carbocycles. The van der Waals surface area contributed by atoms with E-state index in [1.165, 1.54) is 0 Å². The van der Waals surface area contributed by atoms with Gasteiger partial charge in [0.15, 0.2) is 0 Å². The van der Waals surface area contributed by atoms with Crippen LogP contribution in [0.2, 0.25) is 5.02 Å². The standard InChI is InChI=1S/C24H27ClN4O3/c1-28(14-18-6-3-4-8-21(18)31-2)24(30)19-7-5-13-29(15-19)16-22-26-23(27-32-22)17-9-11-20(25)12-10-17/h3-4,6,8-12,19H,5,7,13-16H2,1-2H3. The van der Waals surface area contributed by atoms with Crippen molar-refractivity contribution in [1.29, 1.82) is 0 Å². The van der Waals surface area contributed by atoms with Gasteiger partial charge in [-0.05, 0) is 49.7 Å². The Morgan fingerprint density at radius 3 is 2.81 bits per heavy atom. The van der Waals surface area contributed by atoms with Crippen LogP contribution in [0.1, 0.15) is 24.3 Å². The van der Waals surface area contributed by atoms with Gasteiger partial charge in [-0.15, -0.1) is 0 Å². The van der Waals surface area contributed by atoms with Crippen LogP contribution in [0, 0.1) is 5.92 Å². The molecule has 0 radical (unpaired) electrons. The summed E-state index contributed by atoms with van der Waals surface area (Å²) in [5.74, 6) is 1.98. The van der Waals surface area contributed by atoms with Crippen molar-refractivity contribution >= 4 is 17.5 Å². The van der Waals surface area contributed by atoms with E-state index < -0.39 is 0 Å². The minimum Gasteiger partial charge on any atom is -0.496 e. The average Bonchev–Trinajstić information content (AvgIpc) is 3.28. The number of para-hydroxylation sites is 1. The summed E-state index contributed by atoms with van der Waals surface area (Å²) in [6, 6.07) is 15.1. The molecule has 2 heterocycles. The Kier molecular flexibility index (Phi) is 7.07. The van der Waals surface area contributed by atoms with E-state index in [1.807, 2.05) is 43.4 Å². The molecule has 1 aromatic heterocycles. The summed E-state index contributed by atoms with van der Waals surface area (Å²) in [5.41, 5.74) is 1.85. The molecule has 1 aliphatic rings. The van der Waals surface area contributed by atoms with Gasteiger partial charge < -0.3 is 14.2 Å². The van der Waals surface area contributed by atoms with Crippen molar-refractivity contribution in [2.24, 2.45) is 5.92 Å². The lowest BCUT2D eigenvalue weighted by atomic mass is 9.96. The topological polar surface area (TPSA) is 71.7 Å². The van der Waals surface area contributed by atoms with E-state index in [-0.39, 0.29) is 11.8 Å². The minimum absolute atomic E-state index is 0.0536. The van der Waals surface area contributed by atoms with Gasteiger partial charge in [0.2, 0.25) is 17.6 Å². The number of nitrogens with zero attached hydrogens (tertiary/aromatic N) is 4. The molecule has 1 fully saturated rings. The molecule has 8 heteroatoms. The predicted molar refractivity (Wildman–Crippen MR) is 122 cm³/mol. The van der Waals surface area contributed by atoms with Crippen molar-refractivity contribution in [2.75, 3.05) is 27.2 Å². The number of hydrogen-bond acceptors (Lipinski definition) is 6. The maximum absolute atomic E-state index is 13.1. The van der Waals surface area contributed by atoms with E-state index in [2.05, 4.69) is 15.0 Å². The van der Waals surface area contributed by atoms with Gasteiger partial charge in [-0.3, -0.25) is 9.69 Å². The molecule has 0 aliphatic carbocycles. The number of hydrogen-bond donors (Lipinski definition) is 0. The fourth-order valence-electron chi connectivity index (χ4n) is 4.11. The minimum atomic E-state index is -0.0536. The second-order valence-electron chi connectivity index (χ2n) is 8.10. The number of likely N-dealkylation sites (tertiary alicyclic amines) is 1. The third kappa shape index (κ3) is 5.29. The third-order valence-corrected chi connectivity index (χ3v) is 6.01. The first kappa shape index (κ1) is 22.3. The zero-order chi connectivity index (χ0) is 22.5. The highest BCUT2D eigenvalue weighted by molar-refractivity contribution is 6.30. The summed E-state index contributed by atoms with van der Waals surface area (Å²) in [5, 5.41) is 4.75. The van der Waals surface area contributed by atoms with Gasteiger partial charge in [0.05, 0.1) is 19.6 Å². The number of methoxy groups -OCH3 is 1. The Bertz CT molecular complexity index is 1050. The van der Waals surface area contributed by atoms with Crippen molar-refractivity contribution in [3.05, 3.63) is 65.0 Å². The number of carbonyl (C=O) groups is 1. The van der Waals surface area contributed by atoms with Crippen LogP contribution in [0.4, 0.5) is 0 Å². The second kappa shape index (κ2) is 10.1. The molecule has 0 N–H and O–H groups in total. The number of benzene rings is 2. The zero-order valence-corrected chi connectivity index (χ0v) is 19.1. The molecule has 7 nitrogen and oxygen atoms in total. The SMILES string of the molecule is COc1ccccc1CN(C)C(=O)C1CCCN(Cc2nc(-c3ccc(Cl)cc3)no2)C1. The number of aromatic nitrogens is 2. The summed E-state index contributed by atoms with van der Waals surface area (Å²) < 4.78 is 10.9. The molecule has 0 spiro atoms. The van der Waals surface area contributed by atoms with E-state index in [0.29, 0.717) is 36.4 Å². The van der Waals surface area contributed by atoms with Crippen molar-refractivity contribution in [3.8, 4) is 17.1 Å². The largest absolute Gasteiger partial charge is 0.496 e. The number of amides is 1. The highest BCUT2D eigenvalue weighted by Crippen LogP contribution is 2.24. The number of rotatable bonds is 7. The Morgan fingerprint density at radius 1 is 1.25 bits per heavy atom. The first-order valence-electron chi connectivity index (χ1n) is 10.7. The molecule has 1 saturated heterocycles. The molecule has 1 atom stereocenters. The van der Waals surface area contributed by atoms with E-state index in [1.54, 1.807) is 24.1 Å². The number of ether oxygens (including phenoxy) is 1. The summed E-state index contributed by atoms with van der Waals surface area (Å²) in [4.78, 5) is 21.6. The fourth-order valence-corrected chi connectivity index (χ4v) is 4.23. The van der Waals surface area contributed by atoms with E-state index in [0.717, 1.165) is 36.3 Å². The van der Waals surface area contributed by atoms with Gasteiger partial charge in [0.1, 0.15) is 5.75 Å². The fraction of sp³-hybridized carbons (Fsp3) is 0.375. The molecule has 0 bridgehead atoms. The van der Waals surface area contributed by atoms with Crippen LogP contribution in [0.25, 0.3) is 11.4 Å². The molecule has 32 heavy (non-hydrogen) atoms.